The van der Waals surface area contributed by atoms with Crippen LogP contribution in [0.4, 0.5) is 5.69 Å². The molecule has 1 fully saturated rings. The summed E-state index contributed by atoms with van der Waals surface area (Å²) < 4.78 is 0.729. The number of amides is 1. The van der Waals surface area contributed by atoms with Gasteiger partial charge in [0, 0.05) is 24.6 Å². The molecule has 0 aliphatic carbocycles. The molecule has 0 saturated carbocycles. The predicted octanol–water partition coefficient (Wildman–Crippen LogP) is 2.11. The summed E-state index contributed by atoms with van der Waals surface area (Å²) in [5, 5.41) is 12.0. The van der Waals surface area contributed by atoms with Crippen LogP contribution < -0.4 is 10.2 Å². The van der Waals surface area contributed by atoms with Gasteiger partial charge >= 0.3 is 5.97 Å². The van der Waals surface area contributed by atoms with Crippen LogP contribution in [0.3, 0.4) is 0 Å². The van der Waals surface area contributed by atoms with Crippen LogP contribution in [0.2, 0.25) is 0 Å². The van der Waals surface area contributed by atoms with Gasteiger partial charge in [-0.15, -0.1) is 0 Å². The standard InChI is InChI=1S/C14H17BrN2O3/c1-14(13(20)16-2)5-6-17(8-14)11-4-3-9(15)7-10(11)12(18)19/h3-4,7H,5-6,8H2,1-2H3,(H,16,20)(H,18,19). The van der Waals surface area contributed by atoms with Gasteiger partial charge < -0.3 is 15.3 Å². The molecule has 1 aromatic rings. The third-order valence-electron chi connectivity index (χ3n) is 3.78. The summed E-state index contributed by atoms with van der Waals surface area (Å²) in [5.41, 5.74) is 0.436. The molecule has 2 rings (SSSR count). The van der Waals surface area contributed by atoms with E-state index in [0.717, 1.165) is 4.47 Å². The molecule has 0 aromatic heterocycles. The highest BCUT2D eigenvalue weighted by atomic mass is 79.9. The molecule has 0 spiro atoms. The monoisotopic (exact) mass is 340 g/mol. The zero-order chi connectivity index (χ0) is 14.9. The van der Waals surface area contributed by atoms with Gasteiger partial charge in [0.15, 0.2) is 0 Å². The van der Waals surface area contributed by atoms with Crippen LogP contribution in [0.25, 0.3) is 0 Å². The second-order valence-corrected chi connectivity index (χ2v) is 6.19. The van der Waals surface area contributed by atoms with Crippen LogP contribution in [0, 0.1) is 5.41 Å². The van der Waals surface area contributed by atoms with E-state index in [2.05, 4.69) is 21.2 Å². The highest BCUT2D eigenvalue weighted by Gasteiger charge is 2.40. The number of benzene rings is 1. The first-order valence-corrected chi connectivity index (χ1v) is 7.17. The Morgan fingerprint density at radius 1 is 1.45 bits per heavy atom. The van der Waals surface area contributed by atoms with Crippen LogP contribution >= 0.6 is 15.9 Å². The molecule has 1 aliphatic heterocycles. The molecule has 1 aromatic carbocycles. The average molecular weight is 341 g/mol. The number of carbonyl (C=O) groups is 2. The minimum Gasteiger partial charge on any atom is -0.478 e. The molecule has 0 bridgehead atoms. The summed E-state index contributed by atoms with van der Waals surface area (Å²) >= 11 is 3.28. The fraction of sp³-hybridized carbons (Fsp3) is 0.429. The van der Waals surface area contributed by atoms with Gasteiger partial charge in [0.1, 0.15) is 0 Å². The first-order valence-electron chi connectivity index (χ1n) is 6.37. The minimum atomic E-state index is -0.963. The second kappa shape index (κ2) is 5.44. The van der Waals surface area contributed by atoms with Gasteiger partial charge in [-0.05, 0) is 31.5 Å². The van der Waals surface area contributed by atoms with Gasteiger partial charge in [0.25, 0.3) is 0 Å². The van der Waals surface area contributed by atoms with Gasteiger partial charge in [0.2, 0.25) is 5.91 Å². The lowest BCUT2D eigenvalue weighted by Crippen LogP contribution is -2.39. The Balaban J connectivity index is 2.31. The smallest absolute Gasteiger partial charge is 0.337 e. The Morgan fingerprint density at radius 3 is 2.75 bits per heavy atom. The number of anilines is 1. The zero-order valence-electron chi connectivity index (χ0n) is 11.4. The van der Waals surface area contributed by atoms with Crippen molar-refractivity contribution in [2.75, 3.05) is 25.0 Å². The number of aromatic carboxylic acids is 1. The van der Waals surface area contributed by atoms with Crippen molar-refractivity contribution in [3.05, 3.63) is 28.2 Å². The van der Waals surface area contributed by atoms with E-state index in [-0.39, 0.29) is 11.5 Å². The first kappa shape index (κ1) is 14.8. The summed E-state index contributed by atoms with van der Waals surface area (Å²) in [6, 6.07) is 5.19. The first-order chi connectivity index (χ1) is 9.37. The maximum absolute atomic E-state index is 11.9. The van der Waals surface area contributed by atoms with Crippen LogP contribution in [0.1, 0.15) is 23.7 Å². The maximum Gasteiger partial charge on any atom is 0.337 e. The number of nitrogens with one attached hydrogen (secondary N) is 1. The van der Waals surface area contributed by atoms with Crippen LogP contribution in [-0.2, 0) is 4.79 Å². The van der Waals surface area contributed by atoms with Gasteiger partial charge in [-0.3, -0.25) is 4.79 Å². The summed E-state index contributed by atoms with van der Waals surface area (Å²) in [6.07, 6.45) is 0.710. The third-order valence-corrected chi connectivity index (χ3v) is 4.27. The maximum atomic E-state index is 11.9. The summed E-state index contributed by atoms with van der Waals surface area (Å²) in [6.45, 7) is 3.10. The van der Waals surface area contributed by atoms with Crippen molar-refractivity contribution in [1.29, 1.82) is 0 Å². The van der Waals surface area contributed by atoms with E-state index in [9.17, 15) is 14.7 Å². The molecule has 1 atom stereocenters. The Bertz CT molecular complexity index is 561. The number of carboxylic acids is 1. The molecule has 1 saturated heterocycles. The SMILES string of the molecule is CNC(=O)C1(C)CCN(c2ccc(Br)cc2C(=O)O)C1. The Labute approximate surface area is 126 Å². The lowest BCUT2D eigenvalue weighted by Gasteiger charge is -2.25. The Kier molecular flexibility index (Phi) is 4.04. The van der Waals surface area contributed by atoms with E-state index >= 15 is 0 Å². The summed E-state index contributed by atoms with van der Waals surface area (Å²) in [7, 11) is 1.62. The number of rotatable bonds is 3. The van der Waals surface area contributed by atoms with Crippen molar-refractivity contribution >= 4 is 33.5 Å². The van der Waals surface area contributed by atoms with E-state index in [1.807, 2.05) is 17.9 Å². The molecular weight excluding hydrogens is 324 g/mol. The van der Waals surface area contributed by atoms with Gasteiger partial charge in [-0.25, -0.2) is 4.79 Å². The molecule has 1 unspecified atom stereocenters. The van der Waals surface area contributed by atoms with E-state index in [4.69, 9.17) is 0 Å². The lowest BCUT2D eigenvalue weighted by molar-refractivity contribution is -0.128. The van der Waals surface area contributed by atoms with E-state index < -0.39 is 11.4 Å². The largest absolute Gasteiger partial charge is 0.478 e. The van der Waals surface area contributed by atoms with Crippen molar-refractivity contribution in [2.24, 2.45) is 5.41 Å². The highest BCUT2D eigenvalue weighted by Crippen LogP contribution is 2.35. The highest BCUT2D eigenvalue weighted by molar-refractivity contribution is 9.10. The lowest BCUT2D eigenvalue weighted by atomic mass is 9.89. The number of carbonyl (C=O) groups excluding carboxylic acids is 1. The number of nitrogens with zero attached hydrogens (tertiary/aromatic N) is 1. The van der Waals surface area contributed by atoms with Crippen molar-refractivity contribution < 1.29 is 14.7 Å². The molecule has 6 heteroatoms. The fourth-order valence-corrected chi connectivity index (χ4v) is 2.97. The van der Waals surface area contributed by atoms with Gasteiger partial charge in [-0.1, -0.05) is 15.9 Å². The number of halogens is 1. The van der Waals surface area contributed by atoms with Crippen LogP contribution in [-0.4, -0.2) is 37.1 Å². The van der Waals surface area contributed by atoms with Crippen molar-refractivity contribution in [3.63, 3.8) is 0 Å². The fourth-order valence-electron chi connectivity index (χ4n) is 2.61. The van der Waals surface area contributed by atoms with Crippen molar-refractivity contribution in [2.45, 2.75) is 13.3 Å². The minimum absolute atomic E-state index is 0.00557. The van der Waals surface area contributed by atoms with Crippen molar-refractivity contribution in [3.8, 4) is 0 Å². The summed E-state index contributed by atoms with van der Waals surface area (Å²) in [5.74, 6) is -0.969. The van der Waals surface area contributed by atoms with Crippen LogP contribution in [0.5, 0.6) is 0 Å². The Hall–Kier alpha value is -1.56. The topological polar surface area (TPSA) is 69.6 Å². The normalized spacial score (nSPS) is 21.9. The molecule has 1 amide bonds. The molecule has 1 aliphatic rings. The number of hydrogen-bond acceptors (Lipinski definition) is 3. The number of carboxylic acid groups (broad SMARTS) is 1. The molecule has 0 radical (unpaired) electrons. The second-order valence-electron chi connectivity index (χ2n) is 5.28. The third kappa shape index (κ3) is 2.65. The Morgan fingerprint density at radius 2 is 2.15 bits per heavy atom. The van der Waals surface area contributed by atoms with Gasteiger partial charge in [0.05, 0.1) is 16.7 Å². The predicted molar refractivity (Wildman–Crippen MR) is 80.1 cm³/mol. The quantitative estimate of drug-likeness (QED) is 0.884. The molecule has 1 heterocycles. The molecule has 108 valence electrons. The van der Waals surface area contributed by atoms with E-state index in [0.29, 0.717) is 25.2 Å². The van der Waals surface area contributed by atoms with E-state index in [1.165, 1.54) is 0 Å². The van der Waals surface area contributed by atoms with Crippen LogP contribution in [0.15, 0.2) is 22.7 Å². The average Bonchev–Trinajstić information content (AvgIpc) is 2.81. The molecule has 5 nitrogen and oxygen atoms in total. The summed E-state index contributed by atoms with van der Waals surface area (Å²) in [4.78, 5) is 25.2. The molecule has 20 heavy (non-hydrogen) atoms. The number of hydrogen-bond donors (Lipinski definition) is 2. The molecular formula is C14H17BrN2O3. The zero-order valence-corrected chi connectivity index (χ0v) is 13.0. The van der Waals surface area contributed by atoms with Gasteiger partial charge in [-0.2, -0.15) is 0 Å². The van der Waals surface area contributed by atoms with Crippen molar-refractivity contribution in [1.82, 2.24) is 5.32 Å². The van der Waals surface area contributed by atoms with E-state index in [1.54, 1.807) is 19.2 Å². The molecule has 2 N–H and O–H groups in total.